The van der Waals surface area contributed by atoms with Gasteiger partial charge in [-0.25, -0.2) is 0 Å². The van der Waals surface area contributed by atoms with Gasteiger partial charge in [-0.1, -0.05) is 48.9 Å². The van der Waals surface area contributed by atoms with Crippen molar-refractivity contribution < 1.29 is 0 Å². The zero-order valence-corrected chi connectivity index (χ0v) is 15.9. The first-order valence-corrected chi connectivity index (χ1v) is 9.33. The summed E-state index contributed by atoms with van der Waals surface area (Å²) in [4.78, 5) is 13.1. The molecule has 0 bridgehead atoms. The molecule has 0 spiro atoms. The lowest BCUT2D eigenvalue weighted by Crippen LogP contribution is -2.30. The van der Waals surface area contributed by atoms with E-state index in [2.05, 4.69) is 6.92 Å². The third-order valence-corrected chi connectivity index (χ3v) is 5.33. The Bertz CT molecular complexity index is 1220. The fourth-order valence-corrected chi connectivity index (χ4v) is 3.75. The minimum absolute atomic E-state index is 0.0692. The van der Waals surface area contributed by atoms with Crippen molar-refractivity contribution in [1.82, 2.24) is 4.57 Å². The minimum atomic E-state index is -0.233. The summed E-state index contributed by atoms with van der Waals surface area (Å²) in [6.07, 6.45) is 2.69. The van der Waals surface area contributed by atoms with E-state index in [1.54, 1.807) is 6.08 Å². The maximum Gasteiger partial charge on any atom is 0.273 e. The Balaban J connectivity index is 2.32. The molecular weight excluding hydrogens is 354 g/mol. The van der Waals surface area contributed by atoms with Crippen molar-refractivity contribution in [2.75, 3.05) is 0 Å². The predicted molar refractivity (Wildman–Crippen MR) is 108 cm³/mol. The Kier molecular flexibility index (Phi) is 5.35. The van der Waals surface area contributed by atoms with Gasteiger partial charge in [0.15, 0.2) is 5.57 Å². The van der Waals surface area contributed by atoms with Gasteiger partial charge in [0, 0.05) is 0 Å². The van der Waals surface area contributed by atoms with Crippen LogP contribution in [0.2, 0.25) is 0 Å². The smallest absolute Gasteiger partial charge is 0.267 e. The van der Waals surface area contributed by atoms with Crippen molar-refractivity contribution in [1.29, 1.82) is 10.5 Å². The molecule has 5 heteroatoms. The van der Waals surface area contributed by atoms with Crippen molar-refractivity contribution in [2.24, 2.45) is 0 Å². The molecule has 0 aliphatic rings. The fourth-order valence-electron chi connectivity index (χ4n) is 2.70. The highest BCUT2D eigenvalue weighted by Gasteiger charge is 2.11. The van der Waals surface area contributed by atoms with Crippen molar-refractivity contribution in [3.05, 3.63) is 84.8 Å². The molecule has 3 aromatic rings. The summed E-state index contributed by atoms with van der Waals surface area (Å²) in [7, 11) is 0. The van der Waals surface area contributed by atoms with E-state index in [9.17, 15) is 15.3 Å². The topological polar surface area (TPSA) is 69.6 Å². The van der Waals surface area contributed by atoms with Gasteiger partial charge in [0.05, 0.1) is 10.2 Å². The number of thiazole rings is 1. The average Bonchev–Trinajstić information content (AvgIpc) is 3.01. The number of hydrogen-bond acceptors (Lipinski definition) is 4. The molecule has 27 heavy (non-hydrogen) atoms. The summed E-state index contributed by atoms with van der Waals surface area (Å²) in [6.45, 7) is 4.06. The van der Waals surface area contributed by atoms with Crippen molar-refractivity contribution in [3.8, 4) is 17.8 Å². The van der Waals surface area contributed by atoms with E-state index in [1.165, 1.54) is 4.57 Å². The predicted octanol–water partition coefficient (Wildman–Crippen LogP) is 2.80. The average molecular weight is 371 g/mol. The molecule has 0 fully saturated rings. The van der Waals surface area contributed by atoms with Crippen LogP contribution in [0.25, 0.3) is 17.3 Å². The molecule has 0 saturated carbocycles. The SMILES string of the molecule is CCc1ccc(-n2c(=C(C#N)C#N)s/c(=C/c3ccc(C)cc3)c2=O)cc1. The Labute approximate surface area is 161 Å². The first-order chi connectivity index (χ1) is 13.1. The summed E-state index contributed by atoms with van der Waals surface area (Å²) in [5.74, 6) is 0. The van der Waals surface area contributed by atoms with Crippen LogP contribution in [0.4, 0.5) is 0 Å². The van der Waals surface area contributed by atoms with Gasteiger partial charge in [-0.3, -0.25) is 9.36 Å². The summed E-state index contributed by atoms with van der Waals surface area (Å²) < 4.78 is 2.29. The Morgan fingerprint density at radius 1 is 1.07 bits per heavy atom. The van der Waals surface area contributed by atoms with Crippen LogP contribution in [0.5, 0.6) is 0 Å². The standard InChI is InChI=1S/C22H17N3OS/c1-3-16-8-10-19(11-9-16)25-21(26)20(27-22(25)18(13-23)14-24)12-17-6-4-15(2)5-7-17/h4-12H,3H2,1-2H3/b20-12+. The van der Waals surface area contributed by atoms with E-state index in [4.69, 9.17) is 0 Å². The summed E-state index contributed by atoms with van der Waals surface area (Å²) in [5.41, 5.74) is 3.53. The molecule has 0 amide bonds. The molecule has 0 atom stereocenters. The van der Waals surface area contributed by atoms with Crippen LogP contribution < -0.4 is 14.8 Å². The highest BCUT2D eigenvalue weighted by Crippen LogP contribution is 2.08. The molecule has 0 aliphatic carbocycles. The number of hydrogen-bond donors (Lipinski definition) is 0. The lowest BCUT2D eigenvalue weighted by Gasteiger charge is -2.03. The Hall–Kier alpha value is -3.41. The lowest BCUT2D eigenvalue weighted by molar-refractivity contribution is 0.983. The Morgan fingerprint density at radius 3 is 2.26 bits per heavy atom. The minimum Gasteiger partial charge on any atom is -0.267 e. The van der Waals surface area contributed by atoms with Gasteiger partial charge >= 0.3 is 0 Å². The van der Waals surface area contributed by atoms with Gasteiger partial charge < -0.3 is 0 Å². The van der Waals surface area contributed by atoms with Crippen LogP contribution in [-0.2, 0) is 6.42 Å². The van der Waals surface area contributed by atoms with Gasteiger partial charge in [-0.15, -0.1) is 11.3 Å². The van der Waals surface area contributed by atoms with Gasteiger partial charge in [0.25, 0.3) is 5.56 Å². The zero-order valence-electron chi connectivity index (χ0n) is 15.1. The maximum atomic E-state index is 13.1. The first-order valence-electron chi connectivity index (χ1n) is 8.51. The van der Waals surface area contributed by atoms with E-state index < -0.39 is 0 Å². The first kappa shape index (κ1) is 18.4. The highest BCUT2D eigenvalue weighted by atomic mass is 32.1. The number of rotatable bonds is 3. The number of nitriles is 2. The van der Waals surface area contributed by atoms with Crippen LogP contribution in [0.3, 0.4) is 0 Å². The molecule has 0 saturated heterocycles. The maximum absolute atomic E-state index is 13.1. The summed E-state index contributed by atoms with van der Waals surface area (Å²) in [5, 5.41) is 18.6. The molecule has 0 aliphatic heterocycles. The molecule has 4 nitrogen and oxygen atoms in total. The molecule has 0 unspecified atom stereocenters. The van der Waals surface area contributed by atoms with Crippen molar-refractivity contribution in [3.63, 3.8) is 0 Å². The summed E-state index contributed by atoms with van der Waals surface area (Å²) >= 11 is 1.16. The quantitative estimate of drug-likeness (QED) is 0.711. The van der Waals surface area contributed by atoms with Crippen molar-refractivity contribution >= 4 is 23.0 Å². The molecule has 1 heterocycles. The van der Waals surface area contributed by atoms with E-state index in [-0.39, 0.29) is 11.1 Å². The monoisotopic (exact) mass is 371 g/mol. The van der Waals surface area contributed by atoms with Crippen LogP contribution in [0.1, 0.15) is 23.6 Å². The second-order valence-corrected chi connectivity index (χ2v) is 7.12. The van der Waals surface area contributed by atoms with Crippen LogP contribution in [0.15, 0.2) is 53.3 Å². The zero-order chi connectivity index (χ0) is 19.4. The van der Waals surface area contributed by atoms with Crippen molar-refractivity contribution in [2.45, 2.75) is 20.3 Å². The fraction of sp³-hybridized carbons (Fsp3) is 0.136. The third kappa shape index (κ3) is 3.74. The molecule has 3 rings (SSSR count). The number of aryl methyl sites for hydroxylation is 2. The van der Waals surface area contributed by atoms with Gasteiger partial charge in [0.1, 0.15) is 16.8 Å². The molecule has 1 aromatic heterocycles. The molecule has 132 valence electrons. The highest BCUT2D eigenvalue weighted by molar-refractivity contribution is 7.07. The second kappa shape index (κ2) is 7.86. The van der Waals surface area contributed by atoms with Crippen LogP contribution in [-0.4, -0.2) is 4.57 Å². The Morgan fingerprint density at radius 2 is 1.70 bits per heavy atom. The van der Waals surface area contributed by atoms with E-state index in [0.29, 0.717) is 14.9 Å². The number of benzene rings is 2. The summed E-state index contributed by atoms with van der Waals surface area (Å²) in [6, 6.07) is 19.2. The van der Waals surface area contributed by atoms with Gasteiger partial charge in [-0.2, -0.15) is 10.5 Å². The van der Waals surface area contributed by atoms with E-state index in [1.807, 2.05) is 67.6 Å². The molecule has 0 radical (unpaired) electrons. The van der Waals surface area contributed by atoms with Gasteiger partial charge in [-0.05, 0) is 42.7 Å². The normalized spacial score (nSPS) is 11.0. The molecular formula is C22H17N3OS. The van der Waals surface area contributed by atoms with E-state index >= 15 is 0 Å². The van der Waals surface area contributed by atoms with Crippen LogP contribution >= 0.6 is 11.3 Å². The largest absolute Gasteiger partial charge is 0.273 e. The molecule has 0 N–H and O–H groups in total. The number of nitrogens with zero attached hydrogens (tertiary/aromatic N) is 3. The molecule has 2 aromatic carbocycles. The lowest BCUT2D eigenvalue weighted by atomic mass is 10.1. The van der Waals surface area contributed by atoms with Crippen LogP contribution in [0, 0.1) is 29.6 Å². The third-order valence-electron chi connectivity index (χ3n) is 4.24. The van der Waals surface area contributed by atoms with E-state index in [0.717, 1.165) is 34.4 Å². The van der Waals surface area contributed by atoms with Gasteiger partial charge in [0.2, 0.25) is 0 Å². The second-order valence-electron chi connectivity index (χ2n) is 6.09. The number of aromatic nitrogens is 1.